The van der Waals surface area contributed by atoms with Gasteiger partial charge in [0, 0.05) is 43.9 Å². The number of nitrogens with zero attached hydrogens (tertiary/aromatic N) is 2. The largest absolute Gasteiger partial charge is 0.455 e. The molecular weight excluding hydrogens is 733 g/mol. The predicted octanol–water partition coefficient (Wildman–Crippen LogP) is 15.7. The van der Waals surface area contributed by atoms with Crippen LogP contribution in [0.15, 0.2) is 203 Å². The van der Waals surface area contributed by atoms with E-state index < -0.39 is 30.2 Å². The monoisotopic (exact) mass is 778 g/mol. The molecule has 1 aliphatic rings. The molecule has 1 aliphatic carbocycles. The van der Waals surface area contributed by atoms with Crippen molar-refractivity contribution in [2.24, 2.45) is 0 Å². The quantitative estimate of drug-likeness (QED) is 0.169. The predicted molar refractivity (Wildman–Crippen MR) is 247 cm³/mol. The van der Waals surface area contributed by atoms with Crippen molar-refractivity contribution in [2.75, 3.05) is 4.90 Å². The maximum absolute atomic E-state index is 9.28. The summed E-state index contributed by atoms with van der Waals surface area (Å²) in [6.07, 6.45) is 0. The molecule has 2 heterocycles. The first kappa shape index (κ1) is 27.1. The van der Waals surface area contributed by atoms with Gasteiger partial charge in [0.25, 0.3) is 0 Å². The van der Waals surface area contributed by atoms with Crippen LogP contribution in [0.1, 0.15) is 35.9 Å². The first-order valence-electron chi connectivity index (χ1n) is 23.9. The van der Waals surface area contributed by atoms with E-state index in [-0.39, 0.29) is 51.7 Å². The normalized spacial score (nSPS) is 14.8. The van der Waals surface area contributed by atoms with Gasteiger partial charge in [-0.15, -0.1) is 0 Å². The van der Waals surface area contributed by atoms with Crippen LogP contribution in [0.4, 0.5) is 17.1 Å². The maximum Gasteiger partial charge on any atom is 0.227 e. The number of benzene rings is 9. The molecule has 0 amide bonds. The molecule has 0 saturated carbocycles. The lowest BCUT2D eigenvalue weighted by molar-refractivity contribution is 0.620. The van der Waals surface area contributed by atoms with Gasteiger partial charge in [-0.05, 0) is 111 Å². The molecule has 284 valence electrons. The zero-order valence-electron chi connectivity index (χ0n) is 40.6. The molecule has 0 N–H and O–H groups in total. The molecule has 11 aromatic rings. The molecule has 0 aliphatic heterocycles. The highest BCUT2D eigenvalue weighted by Crippen LogP contribution is 2.52. The van der Waals surface area contributed by atoms with Gasteiger partial charge in [-0.2, -0.15) is 0 Å². The van der Waals surface area contributed by atoms with Crippen LogP contribution in [-0.2, 0) is 5.41 Å². The van der Waals surface area contributed by atoms with Crippen LogP contribution in [0, 0.1) is 0 Å². The molecule has 2 aromatic heterocycles. The van der Waals surface area contributed by atoms with Crippen molar-refractivity contribution in [3.63, 3.8) is 0 Å². The van der Waals surface area contributed by atoms with Gasteiger partial charge >= 0.3 is 0 Å². The minimum absolute atomic E-state index is 0.103. The fourth-order valence-electron chi connectivity index (χ4n) is 8.98. The number of oxazole rings is 1. The fourth-order valence-corrected chi connectivity index (χ4v) is 8.98. The fraction of sp³-hybridized carbons (Fsp3) is 0.0536. The average Bonchev–Trinajstić information content (AvgIpc) is 4.03. The average molecular weight is 779 g/mol. The van der Waals surface area contributed by atoms with Crippen LogP contribution in [0.3, 0.4) is 0 Å². The van der Waals surface area contributed by atoms with Crippen LogP contribution in [-0.4, -0.2) is 4.98 Å². The topological polar surface area (TPSA) is 42.4 Å². The Labute approximate surface area is 358 Å². The Morgan fingerprint density at radius 1 is 0.500 bits per heavy atom. The molecule has 0 fully saturated rings. The van der Waals surface area contributed by atoms with Crippen LogP contribution in [0.5, 0.6) is 0 Å². The highest BCUT2D eigenvalue weighted by atomic mass is 16.3. The van der Waals surface area contributed by atoms with Gasteiger partial charge in [0.2, 0.25) is 5.89 Å². The summed E-state index contributed by atoms with van der Waals surface area (Å²) in [6.45, 7) is 4.58. The first-order chi connectivity index (χ1) is 32.8. The number of anilines is 3. The van der Waals surface area contributed by atoms with Crippen LogP contribution >= 0.6 is 0 Å². The second-order valence-corrected chi connectivity index (χ2v) is 15.7. The van der Waals surface area contributed by atoms with Gasteiger partial charge in [-0.25, -0.2) is 4.98 Å². The third-order valence-corrected chi connectivity index (χ3v) is 11.9. The van der Waals surface area contributed by atoms with Crippen molar-refractivity contribution >= 4 is 60.9 Å². The minimum atomic E-state index is -0.566. The smallest absolute Gasteiger partial charge is 0.227 e. The van der Waals surface area contributed by atoms with E-state index in [0.29, 0.717) is 16.7 Å². The molecule has 60 heavy (non-hydrogen) atoms. The molecule has 4 nitrogen and oxygen atoms in total. The van der Waals surface area contributed by atoms with Crippen molar-refractivity contribution in [3.8, 4) is 44.8 Å². The Morgan fingerprint density at radius 2 is 1.22 bits per heavy atom. The molecule has 0 unspecified atom stereocenters. The lowest BCUT2D eigenvalue weighted by atomic mass is 9.82. The molecule has 9 aromatic carbocycles. The molecule has 0 bridgehead atoms. The van der Waals surface area contributed by atoms with E-state index in [1.54, 1.807) is 12.1 Å². The third-order valence-electron chi connectivity index (χ3n) is 11.9. The van der Waals surface area contributed by atoms with Gasteiger partial charge < -0.3 is 13.7 Å². The van der Waals surface area contributed by atoms with E-state index in [1.807, 2.05) is 36.4 Å². The summed E-state index contributed by atoms with van der Waals surface area (Å²) in [5.74, 6) is -0.333. The summed E-state index contributed by atoms with van der Waals surface area (Å²) >= 11 is 0. The standard InChI is InChI=1S/C56H38N2O2/c1-56(2)48-20-12-11-17-42(48)43-29-27-41(33-49(43)56)58(40-25-21-36(22-26-40)35-13-5-3-6-14-35)51-34-47-45-28-23-38(31-52(45)59-54(47)46-19-10-9-18-44(46)51)39-24-30-50-53(32-39)60-55(57-50)37-15-7-4-8-16-37/h3-34H,1-2H3/i4D,7D,8D,15D,16D,24D,30D,32D. The number of fused-ring (bicyclic) bond motifs is 9. The van der Waals surface area contributed by atoms with Gasteiger partial charge in [0.1, 0.15) is 16.7 Å². The molecular formula is C56H38N2O2. The summed E-state index contributed by atoms with van der Waals surface area (Å²) < 4.78 is 81.3. The summed E-state index contributed by atoms with van der Waals surface area (Å²) in [5.41, 5.74) is 11.2. The van der Waals surface area contributed by atoms with Crippen molar-refractivity contribution in [2.45, 2.75) is 19.3 Å². The van der Waals surface area contributed by atoms with Crippen molar-refractivity contribution < 1.29 is 19.8 Å². The Kier molecular flexibility index (Phi) is 5.94. The molecule has 0 atom stereocenters. The SMILES string of the molecule is [2H]c1c([2H])c([2H])c(-c2nc3c([2H])c([2H])c(-c4ccc5c(c4)oc4c6ccccc6c(N(c6ccc(-c7ccccc7)cc6)c6ccc7c(c6)C(C)(C)c6ccccc6-7)cc54)c([2H])c3o2)c([2H])c1[2H]. The lowest BCUT2D eigenvalue weighted by Gasteiger charge is -2.29. The zero-order valence-corrected chi connectivity index (χ0v) is 32.6. The Bertz CT molecular complexity index is 3910. The van der Waals surface area contributed by atoms with E-state index in [0.717, 1.165) is 49.7 Å². The summed E-state index contributed by atoms with van der Waals surface area (Å²) in [4.78, 5) is 6.64. The maximum atomic E-state index is 9.28. The van der Waals surface area contributed by atoms with Gasteiger partial charge in [-0.1, -0.05) is 141 Å². The molecule has 0 radical (unpaired) electrons. The molecule has 12 rings (SSSR count). The lowest BCUT2D eigenvalue weighted by Crippen LogP contribution is -2.16. The molecule has 4 heteroatoms. The van der Waals surface area contributed by atoms with E-state index in [9.17, 15) is 1.37 Å². The van der Waals surface area contributed by atoms with Crippen molar-refractivity contribution in [1.29, 1.82) is 0 Å². The number of furan rings is 1. The van der Waals surface area contributed by atoms with Crippen LogP contribution in [0.2, 0.25) is 0 Å². The van der Waals surface area contributed by atoms with E-state index in [1.165, 1.54) is 22.3 Å². The second-order valence-electron chi connectivity index (χ2n) is 15.7. The summed E-state index contributed by atoms with van der Waals surface area (Å²) in [7, 11) is 0. The first-order valence-corrected chi connectivity index (χ1v) is 19.9. The number of hydrogen-bond donors (Lipinski definition) is 0. The zero-order chi connectivity index (χ0) is 46.9. The van der Waals surface area contributed by atoms with Crippen molar-refractivity contribution in [3.05, 3.63) is 205 Å². The van der Waals surface area contributed by atoms with Gasteiger partial charge in [0.15, 0.2) is 5.58 Å². The number of rotatable bonds is 6. The highest BCUT2D eigenvalue weighted by Gasteiger charge is 2.36. The van der Waals surface area contributed by atoms with E-state index in [2.05, 4.69) is 121 Å². The highest BCUT2D eigenvalue weighted by molar-refractivity contribution is 6.20. The second kappa shape index (κ2) is 13.2. The van der Waals surface area contributed by atoms with Gasteiger partial charge in [0.05, 0.1) is 16.7 Å². The minimum Gasteiger partial charge on any atom is -0.455 e. The third kappa shape index (κ3) is 5.34. The number of aromatic nitrogens is 1. The Balaban J connectivity index is 1.03. The van der Waals surface area contributed by atoms with Crippen LogP contribution < -0.4 is 4.90 Å². The van der Waals surface area contributed by atoms with Gasteiger partial charge in [-0.3, -0.25) is 0 Å². The Morgan fingerprint density at radius 3 is 2.07 bits per heavy atom. The summed E-state index contributed by atoms with van der Waals surface area (Å²) in [5, 5.41) is 3.55. The molecule has 0 spiro atoms. The van der Waals surface area contributed by atoms with Crippen LogP contribution in [0.25, 0.3) is 88.6 Å². The summed E-state index contributed by atoms with van der Waals surface area (Å²) in [6, 6.07) is 46.7. The number of hydrogen-bond acceptors (Lipinski definition) is 4. The van der Waals surface area contributed by atoms with E-state index >= 15 is 0 Å². The Hall–Kier alpha value is -7.69. The molecule has 0 saturated heterocycles. The van der Waals surface area contributed by atoms with E-state index in [4.69, 9.17) is 18.4 Å². The van der Waals surface area contributed by atoms with Crippen molar-refractivity contribution in [1.82, 2.24) is 4.98 Å².